The fraction of sp³-hybridized carbons (Fsp3) is 0.190. The first-order valence-corrected chi connectivity index (χ1v) is 11.4. The summed E-state index contributed by atoms with van der Waals surface area (Å²) < 4.78 is 45.8. The Hall–Kier alpha value is -3.73. The van der Waals surface area contributed by atoms with Crippen molar-refractivity contribution in [1.29, 1.82) is 0 Å². The highest BCUT2D eigenvalue weighted by atomic mass is 32.2. The van der Waals surface area contributed by atoms with Crippen LogP contribution in [-0.2, 0) is 16.6 Å². The van der Waals surface area contributed by atoms with Crippen LogP contribution in [-0.4, -0.2) is 48.4 Å². The lowest BCUT2D eigenvalue weighted by atomic mass is 10.1. The second-order valence-electron chi connectivity index (χ2n) is 7.07. The van der Waals surface area contributed by atoms with Gasteiger partial charge in [0.2, 0.25) is 10.0 Å². The zero-order chi connectivity index (χ0) is 22.9. The van der Waals surface area contributed by atoms with Crippen LogP contribution in [0.1, 0.15) is 5.56 Å². The first-order chi connectivity index (χ1) is 15.3. The summed E-state index contributed by atoms with van der Waals surface area (Å²) in [6.07, 6.45) is 4.25. The Morgan fingerprint density at radius 2 is 2.00 bits per heavy atom. The van der Waals surface area contributed by atoms with Crippen LogP contribution in [0.3, 0.4) is 0 Å². The molecule has 3 aromatic heterocycles. The number of rotatable bonds is 7. The monoisotopic (exact) mass is 456 g/mol. The smallest absolute Gasteiger partial charge is 0.233 e. The van der Waals surface area contributed by atoms with Crippen molar-refractivity contribution >= 4 is 27.3 Å². The van der Waals surface area contributed by atoms with Crippen LogP contribution in [0, 0.1) is 5.82 Å². The van der Waals surface area contributed by atoms with Gasteiger partial charge in [0.05, 0.1) is 13.4 Å². The maximum absolute atomic E-state index is 14.2. The zero-order valence-corrected chi connectivity index (χ0v) is 18.5. The molecular weight excluding hydrogens is 435 g/mol. The van der Waals surface area contributed by atoms with E-state index in [1.165, 1.54) is 20.2 Å². The number of benzene rings is 1. The highest BCUT2D eigenvalue weighted by Gasteiger charge is 2.15. The average Bonchev–Trinajstić information content (AvgIpc) is 3.27. The molecule has 9 nitrogen and oxygen atoms in total. The predicted octanol–water partition coefficient (Wildman–Crippen LogP) is 2.95. The summed E-state index contributed by atoms with van der Waals surface area (Å²) in [5.41, 5.74) is 2.49. The molecule has 0 fully saturated rings. The number of sulfonamides is 1. The molecule has 0 bridgehead atoms. The Morgan fingerprint density at radius 1 is 1.19 bits per heavy atom. The summed E-state index contributed by atoms with van der Waals surface area (Å²) >= 11 is 0. The van der Waals surface area contributed by atoms with Gasteiger partial charge in [0.15, 0.2) is 5.65 Å². The first kappa shape index (κ1) is 21.5. The third kappa shape index (κ3) is 4.06. The molecule has 3 heterocycles. The second kappa shape index (κ2) is 8.42. The van der Waals surface area contributed by atoms with Gasteiger partial charge in [-0.1, -0.05) is 6.07 Å². The van der Waals surface area contributed by atoms with Gasteiger partial charge in [-0.25, -0.2) is 17.8 Å². The summed E-state index contributed by atoms with van der Waals surface area (Å²) in [5.74, 6) is 1.07. The van der Waals surface area contributed by atoms with Crippen molar-refractivity contribution in [2.75, 3.05) is 30.0 Å². The summed E-state index contributed by atoms with van der Waals surface area (Å²) in [5, 5.41) is 11.4. The molecule has 0 saturated heterocycles. The minimum absolute atomic E-state index is 0.205. The molecule has 0 aliphatic rings. The van der Waals surface area contributed by atoms with Crippen molar-refractivity contribution in [3.8, 4) is 16.9 Å². The number of hydrogen-bond donors (Lipinski definition) is 1. The molecule has 4 aromatic rings. The largest absolute Gasteiger partial charge is 0.496 e. The zero-order valence-electron chi connectivity index (χ0n) is 17.7. The van der Waals surface area contributed by atoms with Gasteiger partial charge >= 0.3 is 0 Å². The molecule has 32 heavy (non-hydrogen) atoms. The second-order valence-corrected chi connectivity index (χ2v) is 9.08. The number of anilines is 2. The van der Waals surface area contributed by atoms with E-state index in [0.717, 1.165) is 21.7 Å². The van der Waals surface area contributed by atoms with E-state index < -0.39 is 10.0 Å². The molecule has 1 N–H and O–H groups in total. The van der Waals surface area contributed by atoms with E-state index in [1.807, 2.05) is 12.1 Å². The van der Waals surface area contributed by atoms with Gasteiger partial charge in [-0.15, -0.1) is 10.2 Å². The number of nitrogens with one attached hydrogen (secondary N) is 1. The lowest BCUT2D eigenvalue weighted by Crippen LogP contribution is -2.25. The van der Waals surface area contributed by atoms with Crippen LogP contribution < -0.4 is 14.4 Å². The van der Waals surface area contributed by atoms with Gasteiger partial charge < -0.3 is 10.1 Å². The SMILES string of the molecule is COc1cccc(F)c1CNc1ccc(-c2ccc(N(C)S(C)(=O)=O)nc2)c2nncn12. The molecule has 1 aromatic carbocycles. The molecule has 0 saturated carbocycles. The van der Waals surface area contributed by atoms with E-state index in [1.54, 1.807) is 41.2 Å². The fourth-order valence-corrected chi connectivity index (χ4v) is 3.71. The van der Waals surface area contributed by atoms with E-state index in [0.29, 0.717) is 28.6 Å². The number of aromatic nitrogens is 4. The number of ether oxygens (including phenoxy) is 1. The molecule has 0 amide bonds. The third-order valence-corrected chi connectivity index (χ3v) is 6.26. The van der Waals surface area contributed by atoms with Crippen LogP contribution in [0.5, 0.6) is 5.75 Å². The van der Waals surface area contributed by atoms with Crippen molar-refractivity contribution in [2.24, 2.45) is 0 Å². The van der Waals surface area contributed by atoms with Crippen LogP contribution in [0.15, 0.2) is 55.0 Å². The van der Waals surface area contributed by atoms with Gasteiger partial charge in [-0.3, -0.25) is 8.71 Å². The van der Waals surface area contributed by atoms with E-state index in [4.69, 9.17) is 4.74 Å². The molecule has 0 radical (unpaired) electrons. The van der Waals surface area contributed by atoms with Crippen molar-refractivity contribution in [3.63, 3.8) is 0 Å². The van der Waals surface area contributed by atoms with E-state index in [2.05, 4.69) is 20.5 Å². The van der Waals surface area contributed by atoms with E-state index in [9.17, 15) is 12.8 Å². The molecule has 0 aliphatic heterocycles. The Balaban J connectivity index is 1.64. The fourth-order valence-electron chi connectivity index (χ4n) is 3.26. The van der Waals surface area contributed by atoms with Crippen molar-refractivity contribution in [3.05, 3.63) is 66.4 Å². The maximum Gasteiger partial charge on any atom is 0.233 e. The van der Waals surface area contributed by atoms with E-state index in [-0.39, 0.29) is 12.4 Å². The maximum atomic E-state index is 14.2. The molecule has 166 valence electrons. The molecule has 4 rings (SSSR count). The van der Waals surface area contributed by atoms with Gasteiger partial charge in [-0.2, -0.15) is 0 Å². The number of halogens is 1. The highest BCUT2D eigenvalue weighted by molar-refractivity contribution is 7.92. The average molecular weight is 457 g/mol. The Kier molecular flexibility index (Phi) is 5.66. The predicted molar refractivity (Wildman–Crippen MR) is 120 cm³/mol. The number of fused-ring (bicyclic) bond motifs is 1. The standard InChI is InChI=1S/C21H21FN6O3S/c1-27(32(3,29)30)19-9-7-14(11-23-19)15-8-10-20(28-13-25-26-21(15)28)24-12-16-17(22)5-4-6-18(16)31-2/h4-11,13,24H,12H2,1-3H3. The normalized spacial score (nSPS) is 11.5. The van der Waals surface area contributed by atoms with E-state index >= 15 is 0 Å². The number of nitrogens with zero attached hydrogens (tertiary/aromatic N) is 5. The number of pyridine rings is 2. The molecule has 0 unspecified atom stereocenters. The number of methoxy groups -OCH3 is 1. The Labute approximate surface area is 184 Å². The lowest BCUT2D eigenvalue weighted by Gasteiger charge is -2.16. The molecule has 0 spiro atoms. The third-order valence-electron chi connectivity index (χ3n) is 5.08. The topological polar surface area (TPSA) is 102 Å². The number of hydrogen-bond acceptors (Lipinski definition) is 7. The molecular formula is C21H21FN6O3S. The van der Waals surface area contributed by atoms with Crippen LogP contribution >= 0.6 is 0 Å². The summed E-state index contributed by atoms with van der Waals surface area (Å²) in [7, 11) is -0.460. The summed E-state index contributed by atoms with van der Waals surface area (Å²) in [4.78, 5) is 4.26. The Bertz CT molecular complexity index is 1370. The molecule has 0 atom stereocenters. The van der Waals surface area contributed by atoms with Gasteiger partial charge in [0.25, 0.3) is 0 Å². The van der Waals surface area contributed by atoms with Crippen molar-refractivity contribution in [1.82, 2.24) is 19.6 Å². The van der Waals surface area contributed by atoms with Crippen molar-refractivity contribution in [2.45, 2.75) is 6.54 Å². The summed E-state index contributed by atoms with van der Waals surface area (Å²) in [6, 6.07) is 11.8. The van der Waals surface area contributed by atoms with Crippen LogP contribution in [0.4, 0.5) is 16.0 Å². The first-order valence-electron chi connectivity index (χ1n) is 9.58. The van der Waals surface area contributed by atoms with Gasteiger partial charge in [-0.05, 0) is 36.4 Å². The summed E-state index contributed by atoms with van der Waals surface area (Å²) in [6.45, 7) is 0.205. The van der Waals surface area contributed by atoms with Crippen molar-refractivity contribution < 1.29 is 17.5 Å². The minimum atomic E-state index is -3.40. The van der Waals surface area contributed by atoms with Gasteiger partial charge in [0.1, 0.15) is 29.5 Å². The van der Waals surface area contributed by atoms with Crippen LogP contribution in [0.2, 0.25) is 0 Å². The lowest BCUT2D eigenvalue weighted by molar-refractivity contribution is 0.405. The highest BCUT2D eigenvalue weighted by Crippen LogP contribution is 2.28. The molecule has 0 aliphatic carbocycles. The minimum Gasteiger partial charge on any atom is -0.496 e. The Morgan fingerprint density at radius 3 is 2.69 bits per heavy atom. The van der Waals surface area contributed by atoms with Crippen LogP contribution in [0.25, 0.3) is 16.8 Å². The molecule has 11 heteroatoms. The quantitative estimate of drug-likeness (QED) is 0.456. The van der Waals surface area contributed by atoms with Gasteiger partial charge in [0, 0.05) is 36.5 Å².